The van der Waals surface area contributed by atoms with E-state index >= 15 is 0 Å². The molecule has 10 heavy (non-hydrogen) atoms. The van der Waals surface area contributed by atoms with Crippen molar-refractivity contribution in [1.29, 1.82) is 0 Å². The summed E-state index contributed by atoms with van der Waals surface area (Å²) >= 11 is 0. The van der Waals surface area contributed by atoms with Gasteiger partial charge in [-0.3, -0.25) is 0 Å². The van der Waals surface area contributed by atoms with E-state index in [4.69, 9.17) is 9.84 Å². The highest BCUT2D eigenvalue weighted by molar-refractivity contribution is 5.02. The summed E-state index contributed by atoms with van der Waals surface area (Å²) in [7, 11) is 1.50. The van der Waals surface area contributed by atoms with Crippen molar-refractivity contribution in [3.63, 3.8) is 0 Å². The van der Waals surface area contributed by atoms with Crippen LogP contribution in [-0.4, -0.2) is 31.5 Å². The maximum Gasteiger partial charge on any atom is 0.110 e. The molecule has 1 rings (SSSR count). The van der Waals surface area contributed by atoms with Crippen molar-refractivity contribution in [2.45, 2.75) is 6.10 Å². The Labute approximate surface area is 59.9 Å². The predicted octanol–water partition coefficient (Wildman–Crippen LogP) is -0.399. The van der Waals surface area contributed by atoms with E-state index in [1.54, 1.807) is 0 Å². The summed E-state index contributed by atoms with van der Waals surface area (Å²) in [6, 6.07) is 0. The number of hydrogen-bond acceptors (Lipinski definition) is 3. The lowest BCUT2D eigenvalue weighted by molar-refractivity contribution is 0.123. The summed E-state index contributed by atoms with van der Waals surface area (Å²) in [5.41, 5.74) is 0. The van der Waals surface area contributed by atoms with Gasteiger partial charge in [-0.1, -0.05) is 5.92 Å². The first-order valence-electron chi connectivity index (χ1n) is 3.14. The summed E-state index contributed by atoms with van der Waals surface area (Å²) in [4.78, 5) is 0. The van der Waals surface area contributed by atoms with Crippen LogP contribution in [0.1, 0.15) is 0 Å². The second-order valence-corrected chi connectivity index (χ2v) is 2.16. The molecule has 0 aliphatic carbocycles. The molecule has 0 amide bonds. The molecule has 0 aromatic heterocycles. The van der Waals surface area contributed by atoms with Gasteiger partial charge in [-0.25, -0.2) is 0 Å². The lowest BCUT2D eigenvalue weighted by Gasteiger charge is -2.00. The van der Waals surface area contributed by atoms with Gasteiger partial charge >= 0.3 is 0 Å². The van der Waals surface area contributed by atoms with Gasteiger partial charge in [0.2, 0.25) is 0 Å². The molecular weight excluding hydrogens is 132 g/mol. The van der Waals surface area contributed by atoms with Gasteiger partial charge in [0.1, 0.15) is 6.11 Å². The second kappa shape index (κ2) is 3.45. The normalized spacial score (nSPS) is 31.0. The predicted molar refractivity (Wildman–Crippen MR) is 35.1 cm³/mol. The number of ether oxygens (including phenoxy) is 2. The average molecular weight is 142 g/mol. The summed E-state index contributed by atoms with van der Waals surface area (Å²) in [5.74, 6) is 2.66. The number of rotatable bonds is 0. The largest absolute Gasteiger partial charge is 0.450 e. The van der Waals surface area contributed by atoms with E-state index in [0.29, 0.717) is 13.2 Å². The van der Waals surface area contributed by atoms with Crippen LogP contribution in [0.4, 0.5) is 0 Å². The molecule has 0 bridgehead atoms. The second-order valence-electron chi connectivity index (χ2n) is 2.16. The van der Waals surface area contributed by atoms with Crippen molar-refractivity contribution in [3.8, 4) is 12.0 Å². The third-order valence-corrected chi connectivity index (χ3v) is 1.40. The van der Waals surface area contributed by atoms with Crippen molar-refractivity contribution in [1.82, 2.24) is 0 Å². The Balaban J connectivity index is 2.40. The number of hydrogen-bond donors (Lipinski definition) is 1. The lowest BCUT2D eigenvalue weighted by atomic mass is 10.1. The Morgan fingerprint density at radius 3 is 2.90 bits per heavy atom. The van der Waals surface area contributed by atoms with E-state index in [0.717, 1.165) is 0 Å². The molecule has 3 nitrogen and oxygen atoms in total. The van der Waals surface area contributed by atoms with E-state index < -0.39 is 6.10 Å². The van der Waals surface area contributed by atoms with Gasteiger partial charge in [0.15, 0.2) is 0 Å². The minimum Gasteiger partial charge on any atom is -0.450 e. The smallest absolute Gasteiger partial charge is 0.110 e. The Bertz CT molecular complexity index is 156. The molecular formula is C7H10O3. The molecule has 3 heteroatoms. The van der Waals surface area contributed by atoms with E-state index in [9.17, 15) is 0 Å². The van der Waals surface area contributed by atoms with Crippen molar-refractivity contribution in [2.75, 3.05) is 20.3 Å². The standard InChI is InChI=1S/C7H10O3/c1-9-3-2-6-4-10-5-7(6)8/h6-8H,4-5H2,1H3/t6-,7-/m1/s1. The maximum atomic E-state index is 9.13. The molecule has 2 atom stereocenters. The van der Waals surface area contributed by atoms with Crippen LogP contribution < -0.4 is 0 Å². The Morgan fingerprint density at radius 1 is 1.60 bits per heavy atom. The number of methoxy groups -OCH3 is 1. The Kier molecular flexibility index (Phi) is 2.55. The van der Waals surface area contributed by atoms with Gasteiger partial charge in [0, 0.05) is 0 Å². The molecule has 1 heterocycles. The zero-order valence-corrected chi connectivity index (χ0v) is 5.83. The molecule has 1 saturated heterocycles. The van der Waals surface area contributed by atoms with Crippen molar-refractivity contribution < 1.29 is 14.6 Å². The summed E-state index contributed by atoms with van der Waals surface area (Å²) < 4.78 is 9.48. The minimum absolute atomic E-state index is 0.0695. The highest BCUT2D eigenvalue weighted by Gasteiger charge is 2.24. The Morgan fingerprint density at radius 2 is 2.40 bits per heavy atom. The first-order valence-corrected chi connectivity index (χ1v) is 3.14. The van der Waals surface area contributed by atoms with Crippen LogP contribution >= 0.6 is 0 Å². The Hall–Kier alpha value is -0.720. The van der Waals surface area contributed by atoms with Gasteiger partial charge in [0.05, 0.1) is 32.3 Å². The van der Waals surface area contributed by atoms with Gasteiger partial charge < -0.3 is 14.6 Å². The fourth-order valence-electron chi connectivity index (χ4n) is 0.815. The zero-order valence-electron chi connectivity index (χ0n) is 5.83. The fraction of sp³-hybridized carbons (Fsp3) is 0.714. The average Bonchev–Trinajstić information content (AvgIpc) is 2.31. The molecule has 1 aliphatic heterocycles. The summed E-state index contributed by atoms with van der Waals surface area (Å²) in [5, 5.41) is 9.13. The van der Waals surface area contributed by atoms with Crippen molar-refractivity contribution >= 4 is 0 Å². The molecule has 0 saturated carbocycles. The van der Waals surface area contributed by atoms with Crippen molar-refractivity contribution in [2.24, 2.45) is 5.92 Å². The molecule has 0 radical (unpaired) electrons. The molecule has 0 spiro atoms. The molecule has 1 fully saturated rings. The highest BCUT2D eigenvalue weighted by atomic mass is 16.5. The first-order chi connectivity index (χ1) is 4.84. The molecule has 1 aliphatic rings. The third kappa shape index (κ3) is 1.63. The van der Waals surface area contributed by atoms with Crippen LogP contribution in [0.5, 0.6) is 0 Å². The van der Waals surface area contributed by atoms with Crippen LogP contribution in [0.15, 0.2) is 0 Å². The van der Waals surface area contributed by atoms with Crippen LogP contribution in [-0.2, 0) is 9.47 Å². The molecule has 0 unspecified atom stereocenters. The third-order valence-electron chi connectivity index (χ3n) is 1.40. The monoisotopic (exact) mass is 142 g/mol. The summed E-state index contributed by atoms with van der Waals surface area (Å²) in [6.07, 6.45) is 1.99. The SMILES string of the molecule is COC#C[C@@H]1COC[C@H]1O. The number of aliphatic hydroxyl groups is 1. The van der Waals surface area contributed by atoms with Gasteiger partial charge in [-0.2, -0.15) is 0 Å². The molecule has 56 valence electrons. The quantitative estimate of drug-likeness (QED) is 0.468. The lowest BCUT2D eigenvalue weighted by Crippen LogP contribution is -2.15. The maximum absolute atomic E-state index is 9.13. The highest BCUT2D eigenvalue weighted by Crippen LogP contribution is 2.11. The fourth-order valence-corrected chi connectivity index (χ4v) is 0.815. The molecule has 0 aromatic carbocycles. The van der Waals surface area contributed by atoms with E-state index in [1.807, 2.05) is 0 Å². The number of aliphatic hydroxyl groups excluding tert-OH is 1. The topological polar surface area (TPSA) is 38.7 Å². The molecule has 0 aromatic rings. The van der Waals surface area contributed by atoms with E-state index in [1.165, 1.54) is 7.11 Å². The summed E-state index contributed by atoms with van der Waals surface area (Å²) in [6.45, 7) is 0.903. The van der Waals surface area contributed by atoms with Crippen LogP contribution in [0.2, 0.25) is 0 Å². The van der Waals surface area contributed by atoms with Gasteiger partial charge in [-0.15, -0.1) is 0 Å². The van der Waals surface area contributed by atoms with Gasteiger partial charge in [0.25, 0.3) is 0 Å². The van der Waals surface area contributed by atoms with Crippen LogP contribution in [0.25, 0.3) is 0 Å². The van der Waals surface area contributed by atoms with Crippen molar-refractivity contribution in [3.05, 3.63) is 0 Å². The first kappa shape index (κ1) is 7.39. The minimum atomic E-state index is -0.442. The van der Waals surface area contributed by atoms with Crippen LogP contribution in [0, 0.1) is 17.9 Å². The van der Waals surface area contributed by atoms with Gasteiger partial charge in [-0.05, 0) is 0 Å². The van der Waals surface area contributed by atoms with E-state index in [2.05, 4.69) is 16.8 Å². The zero-order chi connectivity index (χ0) is 7.40. The van der Waals surface area contributed by atoms with Crippen LogP contribution in [0.3, 0.4) is 0 Å². The van der Waals surface area contributed by atoms with E-state index in [-0.39, 0.29) is 5.92 Å². The molecule has 1 N–H and O–H groups in total.